The standard InChI is InChI=1S/C16H22N4O2/c1-22-11-9-17-6-7-19-16(21)15-4-2-14(3-5-15)12-20-10-8-18-13-20/h2-5,8,10,13,17H,6-7,9,11-12H2,1H3,(H,19,21). The number of hydrogen-bond donors (Lipinski definition) is 2. The number of rotatable bonds is 9. The molecule has 0 aliphatic heterocycles. The smallest absolute Gasteiger partial charge is 0.251 e. The van der Waals surface area contributed by atoms with Gasteiger partial charge in [0.2, 0.25) is 0 Å². The first-order valence-electron chi connectivity index (χ1n) is 7.32. The van der Waals surface area contributed by atoms with Crippen molar-refractivity contribution >= 4 is 5.91 Å². The molecule has 1 aromatic heterocycles. The minimum atomic E-state index is -0.0530. The maximum absolute atomic E-state index is 12.0. The van der Waals surface area contributed by atoms with Crippen molar-refractivity contribution < 1.29 is 9.53 Å². The van der Waals surface area contributed by atoms with Crippen molar-refractivity contribution in [2.24, 2.45) is 0 Å². The maximum atomic E-state index is 12.0. The van der Waals surface area contributed by atoms with Gasteiger partial charge in [0.25, 0.3) is 5.91 Å². The molecule has 1 heterocycles. The number of carbonyl (C=O) groups is 1. The lowest BCUT2D eigenvalue weighted by Gasteiger charge is -2.07. The molecular formula is C16H22N4O2. The van der Waals surface area contributed by atoms with Gasteiger partial charge in [-0.1, -0.05) is 12.1 Å². The Hall–Kier alpha value is -2.18. The Balaban J connectivity index is 1.73. The van der Waals surface area contributed by atoms with Crippen molar-refractivity contribution in [2.75, 3.05) is 33.4 Å². The minimum absolute atomic E-state index is 0.0530. The van der Waals surface area contributed by atoms with Crippen LogP contribution in [-0.2, 0) is 11.3 Å². The molecule has 0 radical (unpaired) electrons. The second-order valence-corrected chi connectivity index (χ2v) is 4.93. The average Bonchev–Trinajstić information content (AvgIpc) is 3.04. The molecule has 1 aromatic carbocycles. The number of methoxy groups -OCH3 is 1. The highest BCUT2D eigenvalue weighted by molar-refractivity contribution is 5.94. The minimum Gasteiger partial charge on any atom is -0.383 e. The van der Waals surface area contributed by atoms with Crippen LogP contribution in [0.4, 0.5) is 0 Å². The number of ether oxygens (including phenoxy) is 1. The second-order valence-electron chi connectivity index (χ2n) is 4.93. The van der Waals surface area contributed by atoms with Gasteiger partial charge in [-0.25, -0.2) is 4.98 Å². The van der Waals surface area contributed by atoms with Crippen LogP contribution in [0.2, 0.25) is 0 Å². The van der Waals surface area contributed by atoms with Crippen LogP contribution in [0.1, 0.15) is 15.9 Å². The van der Waals surface area contributed by atoms with Crippen LogP contribution in [0, 0.1) is 0 Å². The molecule has 0 bridgehead atoms. The zero-order chi connectivity index (χ0) is 15.6. The summed E-state index contributed by atoms with van der Waals surface area (Å²) in [5, 5.41) is 6.06. The molecule has 2 rings (SSSR count). The Morgan fingerprint density at radius 1 is 1.23 bits per heavy atom. The quantitative estimate of drug-likeness (QED) is 0.675. The van der Waals surface area contributed by atoms with Crippen LogP contribution in [0.3, 0.4) is 0 Å². The van der Waals surface area contributed by atoms with Crippen LogP contribution in [0.5, 0.6) is 0 Å². The molecule has 0 saturated heterocycles. The van der Waals surface area contributed by atoms with Gasteiger partial charge in [-0.2, -0.15) is 0 Å². The van der Waals surface area contributed by atoms with Gasteiger partial charge in [0, 0.05) is 51.2 Å². The van der Waals surface area contributed by atoms with E-state index in [9.17, 15) is 4.79 Å². The maximum Gasteiger partial charge on any atom is 0.251 e. The third-order valence-electron chi connectivity index (χ3n) is 3.21. The fourth-order valence-corrected chi connectivity index (χ4v) is 2.02. The van der Waals surface area contributed by atoms with Crippen molar-refractivity contribution in [1.82, 2.24) is 20.2 Å². The Kier molecular flexibility index (Phi) is 6.60. The highest BCUT2D eigenvalue weighted by Crippen LogP contribution is 2.06. The lowest BCUT2D eigenvalue weighted by molar-refractivity contribution is 0.0953. The van der Waals surface area contributed by atoms with Gasteiger partial charge in [0.15, 0.2) is 0 Å². The van der Waals surface area contributed by atoms with Crippen LogP contribution in [-0.4, -0.2) is 48.8 Å². The van der Waals surface area contributed by atoms with E-state index < -0.39 is 0 Å². The first kappa shape index (κ1) is 16.2. The molecule has 0 fully saturated rings. The Labute approximate surface area is 130 Å². The molecule has 0 atom stereocenters. The van der Waals surface area contributed by atoms with E-state index in [-0.39, 0.29) is 5.91 Å². The topological polar surface area (TPSA) is 68.2 Å². The van der Waals surface area contributed by atoms with E-state index >= 15 is 0 Å². The van der Waals surface area contributed by atoms with Gasteiger partial charge in [-0.05, 0) is 17.7 Å². The van der Waals surface area contributed by atoms with Gasteiger partial charge in [-0.15, -0.1) is 0 Å². The van der Waals surface area contributed by atoms with E-state index in [0.29, 0.717) is 18.7 Å². The number of nitrogens with one attached hydrogen (secondary N) is 2. The molecule has 2 N–H and O–H groups in total. The summed E-state index contributed by atoms with van der Waals surface area (Å²) in [6, 6.07) is 7.62. The number of hydrogen-bond acceptors (Lipinski definition) is 4. The van der Waals surface area contributed by atoms with Gasteiger partial charge >= 0.3 is 0 Å². The number of nitrogens with zero attached hydrogens (tertiary/aromatic N) is 2. The third kappa shape index (κ3) is 5.31. The van der Waals surface area contributed by atoms with Gasteiger partial charge in [0.1, 0.15) is 0 Å². The third-order valence-corrected chi connectivity index (χ3v) is 3.21. The lowest BCUT2D eigenvalue weighted by atomic mass is 10.1. The van der Waals surface area contributed by atoms with Crippen molar-refractivity contribution in [3.8, 4) is 0 Å². The molecule has 1 amide bonds. The molecule has 0 aliphatic rings. The highest BCUT2D eigenvalue weighted by atomic mass is 16.5. The van der Waals surface area contributed by atoms with E-state index in [2.05, 4.69) is 15.6 Å². The number of amides is 1. The molecule has 0 aliphatic carbocycles. The predicted molar refractivity (Wildman–Crippen MR) is 84.8 cm³/mol. The fourth-order valence-electron chi connectivity index (χ4n) is 2.02. The van der Waals surface area contributed by atoms with Crippen LogP contribution < -0.4 is 10.6 Å². The van der Waals surface area contributed by atoms with Crippen molar-refractivity contribution in [3.63, 3.8) is 0 Å². The summed E-state index contributed by atoms with van der Waals surface area (Å²) in [5.41, 5.74) is 1.81. The van der Waals surface area contributed by atoms with Crippen molar-refractivity contribution in [2.45, 2.75) is 6.54 Å². The van der Waals surface area contributed by atoms with Crippen molar-refractivity contribution in [1.29, 1.82) is 0 Å². The Bertz CT molecular complexity index is 552. The number of benzene rings is 1. The van der Waals surface area contributed by atoms with Crippen molar-refractivity contribution in [3.05, 3.63) is 54.1 Å². The Morgan fingerprint density at radius 3 is 2.73 bits per heavy atom. The molecule has 0 unspecified atom stereocenters. The normalized spacial score (nSPS) is 10.6. The summed E-state index contributed by atoms with van der Waals surface area (Å²) in [5.74, 6) is -0.0530. The van der Waals surface area contributed by atoms with Gasteiger partial charge in [-0.3, -0.25) is 4.79 Å². The van der Waals surface area contributed by atoms with E-state index in [0.717, 1.165) is 25.2 Å². The molecule has 6 nitrogen and oxygen atoms in total. The van der Waals surface area contributed by atoms with Crippen LogP contribution >= 0.6 is 0 Å². The molecular weight excluding hydrogens is 280 g/mol. The van der Waals surface area contributed by atoms with E-state index in [4.69, 9.17) is 4.74 Å². The SMILES string of the molecule is COCCNCCNC(=O)c1ccc(Cn2ccnc2)cc1. The van der Waals surface area contributed by atoms with E-state index in [1.807, 2.05) is 35.0 Å². The summed E-state index contributed by atoms with van der Waals surface area (Å²) in [6.07, 6.45) is 5.44. The highest BCUT2D eigenvalue weighted by Gasteiger charge is 2.04. The van der Waals surface area contributed by atoms with Gasteiger partial charge < -0.3 is 19.9 Å². The summed E-state index contributed by atoms with van der Waals surface area (Å²) >= 11 is 0. The zero-order valence-corrected chi connectivity index (χ0v) is 12.8. The van der Waals surface area contributed by atoms with Crippen LogP contribution in [0.25, 0.3) is 0 Å². The molecule has 2 aromatic rings. The van der Waals surface area contributed by atoms with Crippen LogP contribution in [0.15, 0.2) is 43.0 Å². The second kappa shape index (κ2) is 8.96. The van der Waals surface area contributed by atoms with E-state index in [1.165, 1.54) is 0 Å². The molecule has 22 heavy (non-hydrogen) atoms. The van der Waals surface area contributed by atoms with E-state index in [1.54, 1.807) is 19.6 Å². The molecule has 0 spiro atoms. The molecule has 118 valence electrons. The number of imidazole rings is 1. The molecule has 0 saturated carbocycles. The summed E-state index contributed by atoms with van der Waals surface area (Å²) in [4.78, 5) is 16.0. The monoisotopic (exact) mass is 302 g/mol. The predicted octanol–water partition coefficient (Wildman–Crippen LogP) is 0.897. The first-order valence-corrected chi connectivity index (χ1v) is 7.32. The zero-order valence-electron chi connectivity index (χ0n) is 12.8. The number of aromatic nitrogens is 2. The first-order chi connectivity index (χ1) is 10.8. The number of carbonyl (C=O) groups excluding carboxylic acids is 1. The fraction of sp³-hybridized carbons (Fsp3) is 0.375. The largest absolute Gasteiger partial charge is 0.383 e. The summed E-state index contributed by atoms with van der Waals surface area (Å²) in [6.45, 7) is 3.54. The summed E-state index contributed by atoms with van der Waals surface area (Å²) in [7, 11) is 1.67. The van der Waals surface area contributed by atoms with Gasteiger partial charge in [0.05, 0.1) is 12.9 Å². The molecule has 6 heteroatoms. The average molecular weight is 302 g/mol. The Morgan fingerprint density at radius 2 is 2.05 bits per heavy atom. The lowest BCUT2D eigenvalue weighted by Crippen LogP contribution is -2.33. The summed E-state index contributed by atoms with van der Waals surface area (Å²) < 4.78 is 6.92.